The second-order valence-electron chi connectivity index (χ2n) is 8.89. The largest absolute Gasteiger partial charge is 0.424 e. The molecule has 3 aromatic rings. The Hall–Kier alpha value is -3.23. The van der Waals surface area contributed by atoms with Gasteiger partial charge in [0.15, 0.2) is 5.75 Å². The van der Waals surface area contributed by atoms with Crippen LogP contribution in [0.2, 0.25) is 0 Å². The van der Waals surface area contributed by atoms with Crippen molar-refractivity contribution in [3.05, 3.63) is 71.4 Å². The third kappa shape index (κ3) is 6.46. The van der Waals surface area contributed by atoms with Gasteiger partial charge in [0.2, 0.25) is 8.03 Å². The molecule has 3 unspecified atom stereocenters. The van der Waals surface area contributed by atoms with E-state index in [4.69, 9.17) is 16.1 Å². The molecule has 1 heterocycles. The van der Waals surface area contributed by atoms with Gasteiger partial charge in [0.05, 0.1) is 23.9 Å². The Morgan fingerprint density at radius 1 is 1.09 bits per heavy atom. The number of hydrogen-bond acceptors (Lipinski definition) is 5. The standard InChI is InChI=1S/C28H30NO5P/c1-6-25(35(32)33)24(30)16-26(31)34-28-22(21-13-18(4)12-19(5)14-21)15-23(29-27(28)17(2)3)20-10-8-7-9-11-20/h1,7-15,17,24-25,30,35H,16H2,2-5H3,(H,32,33). The van der Waals surface area contributed by atoms with E-state index < -0.39 is 32.2 Å². The predicted octanol–water partition coefficient (Wildman–Crippen LogP) is 5.28. The monoisotopic (exact) mass is 491 g/mol. The van der Waals surface area contributed by atoms with E-state index in [1.807, 2.05) is 76.2 Å². The molecule has 2 N–H and O–H groups in total. The zero-order valence-electron chi connectivity index (χ0n) is 20.3. The van der Waals surface area contributed by atoms with E-state index in [0.29, 0.717) is 17.0 Å². The summed E-state index contributed by atoms with van der Waals surface area (Å²) < 4.78 is 17.3. The van der Waals surface area contributed by atoms with Gasteiger partial charge in [0.25, 0.3) is 0 Å². The van der Waals surface area contributed by atoms with Crippen LogP contribution in [0.5, 0.6) is 5.75 Å². The SMILES string of the molecule is C#CC(C(O)CC(=O)Oc1c(-c2cc(C)cc(C)c2)cc(-c2ccccc2)nc1C(C)C)[PH](=O)O. The molecule has 0 aliphatic carbocycles. The second-order valence-corrected chi connectivity index (χ2v) is 10.2. The Bertz CT molecular complexity index is 1260. The van der Waals surface area contributed by atoms with Crippen LogP contribution in [0.3, 0.4) is 0 Å². The molecule has 3 rings (SSSR count). The molecule has 0 amide bonds. The maximum atomic E-state index is 12.9. The van der Waals surface area contributed by atoms with Crippen molar-refractivity contribution in [1.82, 2.24) is 4.98 Å². The molecule has 2 aromatic carbocycles. The summed E-state index contributed by atoms with van der Waals surface area (Å²) in [6, 6.07) is 17.7. The average molecular weight is 492 g/mol. The van der Waals surface area contributed by atoms with Crippen molar-refractivity contribution >= 4 is 14.0 Å². The molecule has 0 saturated heterocycles. The molecule has 0 fully saturated rings. The number of aryl methyl sites for hydroxylation is 2. The highest BCUT2D eigenvalue weighted by molar-refractivity contribution is 7.39. The summed E-state index contributed by atoms with van der Waals surface area (Å²) in [5, 5.41) is 10.3. The van der Waals surface area contributed by atoms with Crippen LogP contribution in [-0.4, -0.2) is 32.7 Å². The van der Waals surface area contributed by atoms with E-state index in [2.05, 4.69) is 12.0 Å². The summed E-state index contributed by atoms with van der Waals surface area (Å²) in [4.78, 5) is 27.1. The minimum atomic E-state index is -3.21. The fraction of sp³-hybridized carbons (Fsp3) is 0.286. The molecule has 35 heavy (non-hydrogen) atoms. The molecule has 0 radical (unpaired) electrons. The summed E-state index contributed by atoms with van der Waals surface area (Å²) in [5.41, 5.74) is 4.62. The summed E-state index contributed by atoms with van der Waals surface area (Å²) in [6.45, 7) is 7.91. The molecule has 0 saturated carbocycles. The van der Waals surface area contributed by atoms with Crippen molar-refractivity contribution in [2.75, 3.05) is 0 Å². The first-order valence-corrected chi connectivity index (χ1v) is 12.8. The molecule has 0 spiro atoms. The van der Waals surface area contributed by atoms with Crippen molar-refractivity contribution < 1.29 is 24.1 Å². The van der Waals surface area contributed by atoms with Gasteiger partial charge in [-0.1, -0.05) is 79.4 Å². The number of hydrogen-bond donors (Lipinski definition) is 2. The molecule has 7 heteroatoms. The Morgan fingerprint density at radius 2 is 1.71 bits per heavy atom. The van der Waals surface area contributed by atoms with Gasteiger partial charge in [0, 0.05) is 11.1 Å². The van der Waals surface area contributed by atoms with Crippen molar-refractivity contribution in [1.29, 1.82) is 0 Å². The number of aliphatic hydroxyl groups excluding tert-OH is 1. The van der Waals surface area contributed by atoms with Crippen LogP contribution >= 0.6 is 8.03 Å². The lowest BCUT2D eigenvalue weighted by atomic mass is 9.95. The maximum absolute atomic E-state index is 12.9. The first-order valence-electron chi connectivity index (χ1n) is 11.4. The smallest absolute Gasteiger partial charge is 0.313 e. The third-order valence-electron chi connectivity index (χ3n) is 5.57. The molecule has 0 aliphatic heterocycles. The molecule has 0 bridgehead atoms. The van der Waals surface area contributed by atoms with Crippen LogP contribution in [0, 0.1) is 26.2 Å². The number of aromatic nitrogens is 1. The first kappa shape index (κ1) is 26.4. The molecule has 1 aromatic heterocycles. The van der Waals surface area contributed by atoms with E-state index >= 15 is 0 Å². The normalized spacial score (nSPS) is 13.7. The number of pyridine rings is 1. The summed E-state index contributed by atoms with van der Waals surface area (Å²) in [6.07, 6.45) is 3.25. The van der Waals surface area contributed by atoms with E-state index in [1.54, 1.807) is 0 Å². The quantitative estimate of drug-likeness (QED) is 0.253. The van der Waals surface area contributed by atoms with Crippen molar-refractivity contribution in [2.24, 2.45) is 0 Å². The van der Waals surface area contributed by atoms with Gasteiger partial charge in [-0.05, 0) is 31.4 Å². The lowest BCUT2D eigenvalue weighted by Crippen LogP contribution is -2.27. The highest BCUT2D eigenvalue weighted by Crippen LogP contribution is 2.40. The third-order valence-corrected chi connectivity index (χ3v) is 6.65. The zero-order chi connectivity index (χ0) is 25.7. The lowest BCUT2D eigenvalue weighted by molar-refractivity contribution is -0.136. The molecule has 3 atom stereocenters. The highest BCUT2D eigenvalue weighted by atomic mass is 31.1. The number of aliphatic hydroxyl groups is 1. The predicted molar refractivity (Wildman–Crippen MR) is 139 cm³/mol. The topological polar surface area (TPSA) is 96.7 Å². The second kappa shape index (κ2) is 11.5. The van der Waals surface area contributed by atoms with Crippen LogP contribution in [0.25, 0.3) is 22.4 Å². The van der Waals surface area contributed by atoms with Gasteiger partial charge in [-0.3, -0.25) is 9.36 Å². The van der Waals surface area contributed by atoms with Gasteiger partial charge in [-0.15, -0.1) is 6.42 Å². The summed E-state index contributed by atoms with van der Waals surface area (Å²) in [5.74, 6) is 1.55. The van der Waals surface area contributed by atoms with E-state index in [9.17, 15) is 19.4 Å². The number of terminal acetylenes is 1. The summed E-state index contributed by atoms with van der Waals surface area (Å²) >= 11 is 0. The Kier molecular flexibility index (Phi) is 8.64. The van der Waals surface area contributed by atoms with E-state index in [1.165, 1.54) is 0 Å². The van der Waals surface area contributed by atoms with Crippen LogP contribution in [0.1, 0.15) is 43.0 Å². The van der Waals surface area contributed by atoms with E-state index in [-0.39, 0.29) is 5.92 Å². The Balaban J connectivity index is 2.14. The van der Waals surface area contributed by atoms with Crippen molar-refractivity contribution in [3.8, 4) is 40.5 Å². The molecule has 182 valence electrons. The lowest BCUT2D eigenvalue weighted by Gasteiger charge is -2.20. The maximum Gasteiger partial charge on any atom is 0.313 e. The van der Waals surface area contributed by atoms with Crippen LogP contribution < -0.4 is 4.74 Å². The van der Waals surface area contributed by atoms with Crippen LogP contribution in [0.15, 0.2) is 54.6 Å². The van der Waals surface area contributed by atoms with Gasteiger partial charge in [0.1, 0.15) is 5.66 Å². The van der Waals surface area contributed by atoms with Crippen LogP contribution in [0.4, 0.5) is 0 Å². The number of esters is 1. The van der Waals surface area contributed by atoms with Gasteiger partial charge < -0.3 is 14.7 Å². The zero-order valence-corrected chi connectivity index (χ0v) is 21.3. The van der Waals surface area contributed by atoms with E-state index in [0.717, 1.165) is 27.9 Å². The number of carbonyl (C=O) groups excluding carboxylic acids is 1. The number of benzene rings is 2. The number of carbonyl (C=O) groups is 1. The fourth-order valence-corrected chi connectivity index (χ4v) is 4.53. The van der Waals surface area contributed by atoms with Crippen molar-refractivity contribution in [2.45, 2.75) is 51.8 Å². The minimum Gasteiger partial charge on any atom is -0.424 e. The average Bonchev–Trinajstić information content (AvgIpc) is 2.79. The Labute approximate surface area is 206 Å². The highest BCUT2D eigenvalue weighted by Gasteiger charge is 2.27. The van der Waals surface area contributed by atoms with Gasteiger partial charge in [-0.2, -0.15) is 0 Å². The molecular weight excluding hydrogens is 461 g/mol. The minimum absolute atomic E-state index is 0.0802. The van der Waals surface area contributed by atoms with Gasteiger partial charge in [-0.25, -0.2) is 4.98 Å². The number of rotatable bonds is 8. The number of ether oxygens (including phenoxy) is 1. The molecule has 0 aliphatic rings. The molecule has 6 nitrogen and oxygen atoms in total. The van der Waals surface area contributed by atoms with Crippen LogP contribution in [-0.2, 0) is 9.36 Å². The van der Waals surface area contributed by atoms with Gasteiger partial charge >= 0.3 is 5.97 Å². The first-order chi connectivity index (χ1) is 16.6. The Morgan fingerprint density at radius 3 is 2.26 bits per heavy atom. The summed E-state index contributed by atoms with van der Waals surface area (Å²) in [7, 11) is -3.21. The molecular formula is C28H30NO5P. The van der Waals surface area contributed by atoms with Crippen molar-refractivity contribution in [3.63, 3.8) is 0 Å². The number of nitrogens with zero attached hydrogens (tertiary/aromatic N) is 1. The fourth-order valence-electron chi connectivity index (χ4n) is 3.94.